The minimum Gasteiger partial charge on any atom is -0.741 e. The maximum absolute atomic E-state index is 6.01. The summed E-state index contributed by atoms with van der Waals surface area (Å²) in [5.74, 6) is 0. The normalized spacial score (nSPS) is 13.2. The van der Waals surface area contributed by atoms with Gasteiger partial charge in [0, 0.05) is 47.1 Å². The topological polar surface area (TPSA) is 55.9 Å². The molecule has 0 saturated heterocycles. The smallest absolute Gasteiger partial charge is 0.741 e. The van der Waals surface area contributed by atoms with Gasteiger partial charge in [0.25, 0.3) is 0 Å². The van der Waals surface area contributed by atoms with Crippen LogP contribution >= 0.6 is 11.6 Å². The molecule has 0 fully saturated rings. The van der Waals surface area contributed by atoms with Crippen molar-refractivity contribution >= 4 is 58.6 Å². The first-order valence-electron chi connectivity index (χ1n) is 9.25. The molecule has 0 heterocycles. The summed E-state index contributed by atoms with van der Waals surface area (Å²) in [4.78, 5) is 3.90. The third kappa shape index (κ3) is 8.97. The van der Waals surface area contributed by atoms with Crippen LogP contribution in [0.3, 0.4) is 0 Å². The number of nitrogens with zero attached hydrogens (tertiary/aromatic N) is 6. The number of rotatable bonds is 8. The zero-order valence-electron chi connectivity index (χ0n) is 17.3. The number of halogens is 1. The van der Waals surface area contributed by atoms with Crippen LogP contribution in [0.1, 0.15) is 40.2 Å². The first-order valence-corrected chi connectivity index (χ1v) is 10.4. The minimum absolute atomic E-state index is 0. The summed E-state index contributed by atoms with van der Waals surface area (Å²) < 4.78 is 0. The predicted molar refractivity (Wildman–Crippen MR) is 127 cm³/mol. The Morgan fingerprint density at radius 3 is 1.62 bits per heavy atom. The van der Waals surface area contributed by atoms with Crippen LogP contribution < -0.4 is 0 Å². The summed E-state index contributed by atoms with van der Waals surface area (Å²) in [5.41, 5.74) is 1.97. The molecule has 1 aromatic carbocycles. The summed E-state index contributed by atoms with van der Waals surface area (Å²) >= 11 is 16.7. The van der Waals surface area contributed by atoms with Gasteiger partial charge in [0.05, 0.1) is 5.71 Å². The van der Waals surface area contributed by atoms with Crippen LogP contribution in [-0.4, -0.2) is 57.7 Å². The quantitative estimate of drug-likeness (QED) is 0.178. The molecule has 0 aliphatic heterocycles. The Bertz CT molecular complexity index is 742. The van der Waals surface area contributed by atoms with Crippen molar-refractivity contribution in [1.29, 1.82) is 0 Å². The average Bonchev–Trinajstić information content (AvgIpc) is 2.69. The third-order valence-corrected chi connectivity index (χ3v) is 4.98. The molecule has 0 saturated carbocycles. The summed E-state index contributed by atoms with van der Waals surface area (Å²) in [5, 5.41) is 18.6. The minimum atomic E-state index is 0. The van der Waals surface area contributed by atoms with Gasteiger partial charge in [-0.15, -0.1) is 5.10 Å². The van der Waals surface area contributed by atoms with Gasteiger partial charge < -0.3 is 35.1 Å². The van der Waals surface area contributed by atoms with Gasteiger partial charge in [-0.1, -0.05) is 23.7 Å². The van der Waals surface area contributed by atoms with E-state index in [1.807, 2.05) is 56.6 Å². The summed E-state index contributed by atoms with van der Waals surface area (Å²) in [6, 6.07) is 7.30. The van der Waals surface area contributed by atoms with E-state index in [4.69, 9.17) is 36.9 Å². The van der Waals surface area contributed by atoms with E-state index in [0.717, 1.165) is 31.7 Å². The van der Waals surface area contributed by atoms with Crippen molar-refractivity contribution in [3.8, 4) is 0 Å². The zero-order chi connectivity index (χ0) is 21.1. The Hall–Kier alpha value is -1.25. The van der Waals surface area contributed by atoms with Gasteiger partial charge in [0.2, 0.25) is 0 Å². The number of hydrogen-bond donors (Lipinski definition) is 0. The molecule has 0 N–H and O–H groups in total. The molecule has 0 bridgehead atoms. The molecule has 1 rings (SSSR count). The largest absolute Gasteiger partial charge is 2.00 e. The maximum Gasteiger partial charge on any atom is 2.00 e. The van der Waals surface area contributed by atoms with E-state index in [1.54, 1.807) is 12.1 Å². The van der Waals surface area contributed by atoms with Gasteiger partial charge in [-0.05, 0) is 46.8 Å². The second-order valence-electron chi connectivity index (χ2n) is 5.75. The Kier molecular flexibility index (Phi) is 14.1. The van der Waals surface area contributed by atoms with E-state index in [-0.39, 0.29) is 17.1 Å². The standard InChI is InChI=1S/C19H29ClN6S2.Cu/c1-6-25(7-2)18(27)23-21-14(5)17(15-10-12-16(20)13-11-15)22-24-19(28)26(8-3)9-4;/h10-13H,6-9H2,1-5H3,(H,23,27)(H,24,28);/q;+2/p-2/b21-14+,22-17-;. The summed E-state index contributed by atoms with van der Waals surface area (Å²) in [6.45, 7) is 13.0. The fourth-order valence-corrected chi connectivity index (χ4v) is 3.04. The molecule has 0 aliphatic carbocycles. The Morgan fingerprint density at radius 2 is 1.21 bits per heavy atom. The molecule has 0 spiro atoms. The van der Waals surface area contributed by atoms with Crippen molar-refractivity contribution < 1.29 is 17.1 Å². The van der Waals surface area contributed by atoms with Crippen molar-refractivity contribution in [3.63, 3.8) is 0 Å². The number of amidine groups is 2. The van der Waals surface area contributed by atoms with E-state index in [1.165, 1.54) is 0 Å². The van der Waals surface area contributed by atoms with E-state index in [9.17, 15) is 0 Å². The number of hydrogen-bond acceptors (Lipinski definition) is 6. The maximum atomic E-state index is 6.01. The average molecular weight is 503 g/mol. The summed E-state index contributed by atoms with van der Waals surface area (Å²) in [6.07, 6.45) is 0. The Morgan fingerprint density at radius 1 is 0.793 bits per heavy atom. The van der Waals surface area contributed by atoms with E-state index >= 15 is 0 Å². The van der Waals surface area contributed by atoms with Crippen LogP contribution in [0.25, 0.3) is 0 Å². The monoisotopic (exact) mass is 501 g/mol. The van der Waals surface area contributed by atoms with E-state index in [2.05, 4.69) is 20.4 Å². The van der Waals surface area contributed by atoms with Gasteiger partial charge in [-0.25, -0.2) is 0 Å². The molecule has 0 atom stereocenters. The van der Waals surface area contributed by atoms with E-state index in [0.29, 0.717) is 26.8 Å². The molecule has 0 aliphatic rings. The van der Waals surface area contributed by atoms with Gasteiger partial charge in [-0.2, -0.15) is 15.3 Å². The van der Waals surface area contributed by atoms with Crippen molar-refractivity contribution in [1.82, 2.24) is 9.80 Å². The first kappa shape index (κ1) is 27.7. The molecule has 163 valence electrons. The molecule has 1 radical (unpaired) electrons. The zero-order valence-corrected chi connectivity index (χ0v) is 20.6. The van der Waals surface area contributed by atoms with Crippen LogP contribution in [0, 0.1) is 0 Å². The van der Waals surface area contributed by atoms with Crippen LogP contribution in [0.15, 0.2) is 44.7 Å². The second kappa shape index (κ2) is 14.7. The fourth-order valence-electron chi connectivity index (χ4n) is 2.32. The fraction of sp³-hybridized carbons (Fsp3) is 0.474. The molecule has 6 nitrogen and oxygen atoms in total. The Balaban J connectivity index is 0.00000784. The molecule has 0 aromatic heterocycles. The van der Waals surface area contributed by atoms with Gasteiger partial charge in [0.1, 0.15) is 5.71 Å². The Labute approximate surface area is 200 Å². The van der Waals surface area contributed by atoms with Crippen molar-refractivity contribution in [2.45, 2.75) is 34.6 Å². The molecular formula is C19H27ClCuN6S2. The molecule has 0 unspecified atom stereocenters. The summed E-state index contributed by atoms with van der Waals surface area (Å²) in [7, 11) is 0. The van der Waals surface area contributed by atoms with Gasteiger partial charge in [0.15, 0.2) is 0 Å². The molecular weight excluding hydrogens is 475 g/mol. The molecule has 29 heavy (non-hydrogen) atoms. The van der Waals surface area contributed by atoms with Crippen molar-refractivity contribution in [2.24, 2.45) is 20.4 Å². The van der Waals surface area contributed by atoms with Gasteiger partial charge >= 0.3 is 17.1 Å². The second-order valence-corrected chi connectivity index (χ2v) is 6.92. The van der Waals surface area contributed by atoms with Crippen LogP contribution in [0.4, 0.5) is 0 Å². The molecule has 0 amide bonds. The van der Waals surface area contributed by atoms with E-state index < -0.39 is 0 Å². The van der Waals surface area contributed by atoms with Gasteiger partial charge in [-0.3, -0.25) is 0 Å². The predicted octanol–water partition coefficient (Wildman–Crippen LogP) is 3.91. The molecule has 1 aromatic rings. The van der Waals surface area contributed by atoms with Crippen LogP contribution in [0.2, 0.25) is 5.02 Å². The van der Waals surface area contributed by atoms with Crippen molar-refractivity contribution in [2.75, 3.05) is 26.2 Å². The molecule has 10 heteroatoms. The van der Waals surface area contributed by atoms with Crippen LogP contribution in [0.5, 0.6) is 0 Å². The van der Waals surface area contributed by atoms with Crippen LogP contribution in [-0.2, 0) is 42.3 Å². The third-order valence-electron chi connectivity index (χ3n) is 4.05. The number of benzene rings is 1. The van der Waals surface area contributed by atoms with Crippen molar-refractivity contribution in [3.05, 3.63) is 34.9 Å². The SMILES string of the molecule is CCN(CC)/C([S-])=N/N=C(C)/C(=N/N=C(\[S-])N(CC)CC)c1ccc(Cl)cc1.[Cu+2]. The first-order chi connectivity index (χ1) is 13.4.